The molecule has 28 heavy (non-hydrogen) atoms. The largest absolute Gasteiger partial charge is 0.428 e. The highest BCUT2D eigenvalue weighted by atomic mass is 16.6. The highest BCUT2D eigenvalue weighted by molar-refractivity contribution is 5.86. The van der Waals surface area contributed by atoms with Gasteiger partial charge >= 0.3 is 5.97 Å². The van der Waals surface area contributed by atoms with Crippen molar-refractivity contribution in [3.8, 4) is 0 Å². The fourth-order valence-electron chi connectivity index (χ4n) is 5.81. The molecule has 1 aliphatic heterocycles. The third kappa shape index (κ3) is 3.91. The number of carbonyl (C=O) groups excluding carboxylic acids is 1. The van der Waals surface area contributed by atoms with E-state index >= 15 is 0 Å². The van der Waals surface area contributed by atoms with Crippen molar-refractivity contribution in [3.63, 3.8) is 0 Å². The van der Waals surface area contributed by atoms with Gasteiger partial charge in [0.15, 0.2) is 0 Å². The lowest BCUT2D eigenvalue weighted by Gasteiger charge is -2.59. The fourth-order valence-corrected chi connectivity index (χ4v) is 5.81. The molecule has 2 saturated carbocycles. The van der Waals surface area contributed by atoms with Gasteiger partial charge in [-0.2, -0.15) is 0 Å². The third-order valence-electron chi connectivity index (χ3n) is 8.09. The Balaban J connectivity index is 1.67. The van der Waals surface area contributed by atoms with Crippen LogP contribution in [0.4, 0.5) is 0 Å². The van der Waals surface area contributed by atoms with Crippen molar-refractivity contribution in [2.75, 3.05) is 0 Å². The van der Waals surface area contributed by atoms with Gasteiger partial charge < -0.3 is 9.84 Å². The van der Waals surface area contributed by atoms with Crippen LogP contribution < -0.4 is 0 Å². The van der Waals surface area contributed by atoms with Crippen LogP contribution in [-0.2, 0) is 9.53 Å². The van der Waals surface area contributed by atoms with Crippen LogP contribution in [0.1, 0.15) is 72.6 Å². The molecule has 2 fully saturated rings. The topological polar surface area (TPSA) is 46.5 Å². The van der Waals surface area contributed by atoms with Gasteiger partial charge in [-0.05, 0) is 74.5 Å². The van der Waals surface area contributed by atoms with Crippen molar-refractivity contribution in [2.24, 2.45) is 22.7 Å². The van der Waals surface area contributed by atoms with Gasteiger partial charge in [0.1, 0.15) is 0 Å². The molecule has 1 heterocycles. The van der Waals surface area contributed by atoms with E-state index in [4.69, 9.17) is 4.74 Å². The molecule has 1 N–H and O–H groups in total. The summed E-state index contributed by atoms with van der Waals surface area (Å²) in [5.74, 6) is 0.987. The Labute approximate surface area is 170 Å². The number of cyclic esters (lactones) is 1. The summed E-state index contributed by atoms with van der Waals surface area (Å²) in [5.41, 5.74) is 3.98. The molecule has 0 spiro atoms. The van der Waals surface area contributed by atoms with E-state index < -0.39 is 12.3 Å². The number of esters is 1. The van der Waals surface area contributed by atoms with Gasteiger partial charge in [-0.1, -0.05) is 56.7 Å². The van der Waals surface area contributed by atoms with E-state index in [-0.39, 0.29) is 0 Å². The Morgan fingerprint density at radius 2 is 2.14 bits per heavy atom. The number of aliphatic hydroxyl groups excluding tert-OH is 1. The summed E-state index contributed by atoms with van der Waals surface area (Å²) in [6, 6.07) is 0. The standard InChI is InChI=1S/C25H36O3/c1-17(8-6-10-20-16-22(26)28-23(20)27)12-14-24(4)19(3)13-15-25(5)18(2)9-7-11-21(24)25/h6,8,10,16,19,21,23,27H,2,7,9,11-15H2,1,3-5H3/b10-6+,17-8+/t19-,21-,23?,24+,25+/m0/s1. The predicted octanol–water partition coefficient (Wildman–Crippen LogP) is 5.87. The minimum atomic E-state index is -1.13. The Morgan fingerprint density at radius 1 is 1.39 bits per heavy atom. The van der Waals surface area contributed by atoms with Crippen LogP contribution in [0.5, 0.6) is 0 Å². The van der Waals surface area contributed by atoms with E-state index in [1.165, 1.54) is 55.7 Å². The van der Waals surface area contributed by atoms with Gasteiger partial charge in [0.25, 0.3) is 0 Å². The molecule has 1 unspecified atom stereocenters. The first kappa shape index (κ1) is 21.1. The smallest absolute Gasteiger partial charge is 0.333 e. The first-order chi connectivity index (χ1) is 13.2. The second kappa shape index (κ2) is 8.02. The Morgan fingerprint density at radius 3 is 2.82 bits per heavy atom. The lowest BCUT2D eigenvalue weighted by atomic mass is 9.46. The minimum Gasteiger partial charge on any atom is -0.428 e. The number of aliphatic hydroxyl groups is 1. The van der Waals surface area contributed by atoms with Gasteiger partial charge in [-0.15, -0.1) is 0 Å². The van der Waals surface area contributed by atoms with Crippen LogP contribution in [0.2, 0.25) is 0 Å². The van der Waals surface area contributed by atoms with Crippen molar-refractivity contribution >= 4 is 5.97 Å². The molecule has 0 radical (unpaired) electrons. The molecule has 0 aromatic rings. The zero-order chi connectivity index (χ0) is 20.5. The van der Waals surface area contributed by atoms with Crippen molar-refractivity contribution in [2.45, 2.75) is 78.9 Å². The van der Waals surface area contributed by atoms with Gasteiger partial charge in [-0.25, -0.2) is 4.79 Å². The molecule has 5 atom stereocenters. The molecular formula is C25H36O3. The number of fused-ring (bicyclic) bond motifs is 1. The zero-order valence-corrected chi connectivity index (χ0v) is 18.0. The Bertz CT molecular complexity index is 728. The number of carbonyl (C=O) groups is 1. The summed E-state index contributed by atoms with van der Waals surface area (Å²) in [7, 11) is 0. The van der Waals surface area contributed by atoms with E-state index in [9.17, 15) is 9.90 Å². The van der Waals surface area contributed by atoms with Crippen molar-refractivity contribution < 1.29 is 14.6 Å². The van der Waals surface area contributed by atoms with Crippen molar-refractivity contribution in [1.82, 2.24) is 0 Å². The summed E-state index contributed by atoms with van der Waals surface area (Å²) in [4.78, 5) is 11.2. The average Bonchev–Trinajstić information content (AvgIpc) is 2.96. The first-order valence-electron chi connectivity index (χ1n) is 10.8. The van der Waals surface area contributed by atoms with Crippen molar-refractivity contribution in [3.05, 3.63) is 47.6 Å². The molecule has 3 rings (SSSR count). The van der Waals surface area contributed by atoms with E-state index in [2.05, 4.69) is 40.3 Å². The predicted molar refractivity (Wildman–Crippen MR) is 113 cm³/mol. The SMILES string of the molecule is C=C1CCC[C@H]2[C@](C)(CC/C(C)=C/C=C/C3=CC(=O)OC3O)[C@@H](C)CC[C@]12C. The van der Waals surface area contributed by atoms with Gasteiger partial charge in [0.2, 0.25) is 6.29 Å². The molecule has 0 bridgehead atoms. The lowest BCUT2D eigenvalue weighted by molar-refractivity contribution is -0.150. The summed E-state index contributed by atoms with van der Waals surface area (Å²) in [6.07, 6.45) is 14.7. The zero-order valence-electron chi connectivity index (χ0n) is 18.0. The van der Waals surface area contributed by atoms with Crippen LogP contribution in [0.25, 0.3) is 0 Å². The van der Waals surface area contributed by atoms with Crippen LogP contribution in [0.15, 0.2) is 47.6 Å². The van der Waals surface area contributed by atoms with Crippen LogP contribution in [0.3, 0.4) is 0 Å². The van der Waals surface area contributed by atoms with Crippen LogP contribution in [0, 0.1) is 22.7 Å². The summed E-state index contributed by atoms with van der Waals surface area (Å²) in [6.45, 7) is 14.1. The maximum Gasteiger partial charge on any atom is 0.333 e. The monoisotopic (exact) mass is 384 g/mol. The highest BCUT2D eigenvalue weighted by Gasteiger charge is 2.53. The first-order valence-corrected chi connectivity index (χ1v) is 10.8. The second-order valence-corrected chi connectivity index (χ2v) is 9.72. The van der Waals surface area contributed by atoms with Crippen LogP contribution in [-0.4, -0.2) is 17.4 Å². The molecule has 0 aromatic heterocycles. The van der Waals surface area contributed by atoms with E-state index in [0.717, 1.165) is 18.3 Å². The van der Waals surface area contributed by atoms with Gasteiger partial charge in [-0.3, -0.25) is 0 Å². The van der Waals surface area contributed by atoms with Gasteiger partial charge in [0.05, 0.1) is 0 Å². The molecule has 0 aromatic carbocycles. The summed E-state index contributed by atoms with van der Waals surface area (Å²) < 4.78 is 4.70. The summed E-state index contributed by atoms with van der Waals surface area (Å²) in [5, 5.41) is 9.63. The Hall–Kier alpha value is -1.61. The molecule has 0 saturated heterocycles. The maximum absolute atomic E-state index is 11.2. The average molecular weight is 385 g/mol. The van der Waals surface area contributed by atoms with E-state index in [0.29, 0.717) is 16.4 Å². The third-order valence-corrected chi connectivity index (χ3v) is 8.09. The normalized spacial score (nSPS) is 39.1. The molecule has 3 nitrogen and oxygen atoms in total. The van der Waals surface area contributed by atoms with E-state index in [1.807, 2.05) is 6.08 Å². The number of hydrogen-bond donors (Lipinski definition) is 1. The molecule has 2 aliphatic carbocycles. The minimum absolute atomic E-state index is 0.314. The molecule has 3 heteroatoms. The number of ether oxygens (including phenoxy) is 1. The maximum atomic E-state index is 11.2. The quantitative estimate of drug-likeness (QED) is 0.366. The van der Waals surface area contributed by atoms with Crippen LogP contribution >= 0.6 is 0 Å². The van der Waals surface area contributed by atoms with Gasteiger partial charge in [0, 0.05) is 11.6 Å². The second-order valence-electron chi connectivity index (χ2n) is 9.72. The summed E-state index contributed by atoms with van der Waals surface area (Å²) >= 11 is 0. The highest BCUT2D eigenvalue weighted by Crippen LogP contribution is 2.62. The Kier molecular flexibility index (Phi) is 6.05. The molecule has 3 aliphatic rings. The molecule has 154 valence electrons. The van der Waals surface area contributed by atoms with E-state index in [1.54, 1.807) is 6.08 Å². The lowest BCUT2D eigenvalue weighted by Crippen LogP contribution is -2.50. The molecule has 0 amide bonds. The fraction of sp³-hybridized carbons (Fsp3) is 0.640. The van der Waals surface area contributed by atoms with Crippen molar-refractivity contribution in [1.29, 1.82) is 0 Å². The number of rotatable bonds is 5. The number of hydrogen-bond acceptors (Lipinski definition) is 3. The number of allylic oxidation sites excluding steroid dienone is 4. The molecular weight excluding hydrogens is 348 g/mol.